The molecule has 2 heterocycles. The molecular formula is C23H24ClF3N4O2. The summed E-state index contributed by atoms with van der Waals surface area (Å²) in [5, 5.41) is 10.3. The predicted molar refractivity (Wildman–Crippen MR) is 118 cm³/mol. The van der Waals surface area contributed by atoms with Crippen molar-refractivity contribution in [3.8, 4) is 0 Å². The van der Waals surface area contributed by atoms with Crippen LogP contribution in [0.3, 0.4) is 0 Å². The van der Waals surface area contributed by atoms with Crippen molar-refractivity contribution in [2.24, 2.45) is 10.7 Å². The first-order valence-electron chi connectivity index (χ1n) is 10.5. The smallest absolute Gasteiger partial charge is 0.390 e. The van der Waals surface area contributed by atoms with Crippen molar-refractivity contribution in [2.45, 2.75) is 62.9 Å². The fourth-order valence-corrected chi connectivity index (χ4v) is 5.03. The Morgan fingerprint density at radius 2 is 1.97 bits per heavy atom. The van der Waals surface area contributed by atoms with Crippen molar-refractivity contribution in [1.82, 2.24) is 9.88 Å². The third-order valence-corrected chi connectivity index (χ3v) is 6.70. The summed E-state index contributed by atoms with van der Waals surface area (Å²) in [5.41, 5.74) is 4.95. The number of pyridine rings is 1. The van der Waals surface area contributed by atoms with Gasteiger partial charge in [-0.1, -0.05) is 29.8 Å². The number of hydrogen-bond donors (Lipinski definition) is 2. The first kappa shape index (κ1) is 23.5. The molecule has 176 valence electrons. The molecule has 10 heteroatoms. The topological polar surface area (TPSA) is 91.8 Å². The third-order valence-electron chi connectivity index (χ3n) is 6.26. The number of rotatable bonds is 4. The van der Waals surface area contributed by atoms with E-state index in [2.05, 4.69) is 9.98 Å². The maximum absolute atomic E-state index is 13.0. The summed E-state index contributed by atoms with van der Waals surface area (Å²) in [6.45, 7) is 3.46. The van der Waals surface area contributed by atoms with Crippen molar-refractivity contribution < 1.29 is 23.1 Å². The minimum atomic E-state index is -4.54. The Morgan fingerprint density at radius 3 is 2.58 bits per heavy atom. The molecule has 0 spiro atoms. The van der Waals surface area contributed by atoms with Crippen LogP contribution in [0.4, 0.5) is 13.2 Å². The van der Waals surface area contributed by atoms with Crippen molar-refractivity contribution in [3.63, 3.8) is 0 Å². The lowest BCUT2D eigenvalue weighted by Crippen LogP contribution is -2.61. The van der Waals surface area contributed by atoms with Gasteiger partial charge in [0.25, 0.3) is 0 Å². The highest BCUT2D eigenvalue weighted by Crippen LogP contribution is 2.42. The second kappa shape index (κ2) is 7.99. The van der Waals surface area contributed by atoms with E-state index >= 15 is 0 Å². The summed E-state index contributed by atoms with van der Waals surface area (Å²) in [7, 11) is 0. The summed E-state index contributed by atoms with van der Waals surface area (Å²) in [5.74, 6) is -0.143. The number of aliphatic imine (C=N–C) groups is 1. The number of halogens is 4. The van der Waals surface area contributed by atoms with Gasteiger partial charge in [0.15, 0.2) is 5.96 Å². The van der Waals surface area contributed by atoms with Gasteiger partial charge in [-0.2, -0.15) is 13.2 Å². The summed E-state index contributed by atoms with van der Waals surface area (Å²) in [6, 6.07) is 7.51. The molecule has 1 amide bonds. The maximum Gasteiger partial charge on any atom is 0.433 e. The lowest BCUT2D eigenvalue weighted by molar-refractivity contribution is -0.141. The number of carbonyl (C=O) groups excluding carboxylic acids is 1. The van der Waals surface area contributed by atoms with Crippen LogP contribution in [0.2, 0.25) is 5.02 Å². The number of benzene rings is 1. The molecule has 6 nitrogen and oxygen atoms in total. The first-order chi connectivity index (χ1) is 15.3. The number of nitrogens with two attached hydrogens (primary N) is 1. The van der Waals surface area contributed by atoms with E-state index in [9.17, 15) is 23.1 Å². The molecule has 4 rings (SSSR count). The molecule has 2 aromatic rings. The second-order valence-electron chi connectivity index (χ2n) is 9.25. The fourth-order valence-electron chi connectivity index (χ4n) is 4.63. The Kier molecular flexibility index (Phi) is 5.69. The first-order valence-corrected chi connectivity index (χ1v) is 10.9. The SMILES string of the molecule is CC1(O)CC(N2C(=O)C[C@@](C)(c3cccc(Cc4ccnc(C(F)(F)F)c4)c3Cl)N=C2N)C1. The summed E-state index contributed by atoms with van der Waals surface area (Å²) < 4.78 is 39.0. The molecule has 1 aliphatic heterocycles. The summed E-state index contributed by atoms with van der Waals surface area (Å²) >= 11 is 6.68. The predicted octanol–water partition coefficient (Wildman–Crippen LogP) is 4.02. The minimum Gasteiger partial charge on any atom is -0.390 e. The van der Waals surface area contributed by atoms with Crippen LogP contribution in [-0.2, 0) is 22.9 Å². The van der Waals surface area contributed by atoms with Crippen LogP contribution in [0.25, 0.3) is 0 Å². The van der Waals surface area contributed by atoms with E-state index in [0.717, 1.165) is 12.3 Å². The molecule has 1 atom stereocenters. The van der Waals surface area contributed by atoms with Crippen LogP contribution in [0.1, 0.15) is 55.5 Å². The zero-order valence-electron chi connectivity index (χ0n) is 18.2. The molecule has 0 unspecified atom stereocenters. The van der Waals surface area contributed by atoms with Crippen LogP contribution in [0, 0.1) is 0 Å². The van der Waals surface area contributed by atoms with Crippen molar-refractivity contribution in [1.29, 1.82) is 0 Å². The molecule has 1 fully saturated rings. The highest BCUT2D eigenvalue weighted by Gasteiger charge is 2.48. The molecule has 0 radical (unpaired) electrons. The van der Waals surface area contributed by atoms with E-state index in [-0.39, 0.29) is 30.8 Å². The van der Waals surface area contributed by atoms with Gasteiger partial charge in [0.1, 0.15) is 5.69 Å². The van der Waals surface area contributed by atoms with E-state index in [1.54, 1.807) is 32.0 Å². The van der Waals surface area contributed by atoms with Gasteiger partial charge in [0, 0.05) is 17.3 Å². The Balaban J connectivity index is 1.62. The van der Waals surface area contributed by atoms with Gasteiger partial charge in [-0.05, 0) is 61.9 Å². The van der Waals surface area contributed by atoms with Crippen molar-refractivity contribution in [2.75, 3.05) is 0 Å². The van der Waals surface area contributed by atoms with Crippen LogP contribution in [-0.4, -0.2) is 38.5 Å². The Bertz CT molecular complexity index is 1130. The highest BCUT2D eigenvalue weighted by molar-refractivity contribution is 6.32. The third kappa shape index (κ3) is 4.56. The molecule has 1 aliphatic carbocycles. The number of nitrogens with zero attached hydrogens (tertiary/aromatic N) is 3. The lowest BCUT2D eigenvalue weighted by Gasteiger charge is -2.48. The van der Waals surface area contributed by atoms with Gasteiger partial charge in [-0.15, -0.1) is 0 Å². The Morgan fingerprint density at radius 1 is 1.27 bits per heavy atom. The molecule has 1 aromatic heterocycles. The molecule has 0 saturated heterocycles. The van der Waals surface area contributed by atoms with Crippen LogP contribution in [0.15, 0.2) is 41.5 Å². The maximum atomic E-state index is 13.0. The number of alkyl halides is 3. The van der Waals surface area contributed by atoms with Crippen LogP contribution >= 0.6 is 11.6 Å². The van der Waals surface area contributed by atoms with E-state index < -0.39 is 23.0 Å². The number of aliphatic hydroxyl groups is 1. The van der Waals surface area contributed by atoms with E-state index in [4.69, 9.17) is 17.3 Å². The van der Waals surface area contributed by atoms with Gasteiger partial charge in [-0.25, -0.2) is 4.99 Å². The van der Waals surface area contributed by atoms with Crippen molar-refractivity contribution >= 4 is 23.5 Å². The number of guanidine groups is 1. The molecule has 3 N–H and O–H groups in total. The zero-order chi connectivity index (χ0) is 24.2. The standard InChI is InChI=1S/C23H24ClF3N4O2/c1-21(33)10-15(11-21)31-18(32)12-22(2,30-20(31)28)16-5-3-4-14(19(16)24)8-13-6-7-29-17(9-13)23(25,26)27/h3-7,9,15,33H,8,10-12H2,1-2H3,(H2,28,30)/t15?,21?,22-/m0/s1. The van der Waals surface area contributed by atoms with Gasteiger partial charge in [0.2, 0.25) is 5.91 Å². The summed E-state index contributed by atoms with van der Waals surface area (Å²) in [4.78, 5) is 22.4. The average molecular weight is 481 g/mol. The second-order valence-corrected chi connectivity index (χ2v) is 9.62. The molecule has 1 aromatic carbocycles. The molecule has 0 bridgehead atoms. The van der Waals surface area contributed by atoms with Crippen molar-refractivity contribution in [3.05, 3.63) is 63.9 Å². The number of aromatic nitrogens is 1. The summed E-state index contributed by atoms with van der Waals surface area (Å²) in [6.07, 6.45) is -2.38. The molecular weight excluding hydrogens is 457 g/mol. The van der Waals surface area contributed by atoms with Gasteiger partial charge < -0.3 is 10.8 Å². The van der Waals surface area contributed by atoms with E-state index in [0.29, 0.717) is 34.6 Å². The van der Waals surface area contributed by atoms with E-state index in [1.807, 2.05) is 0 Å². The number of carbonyl (C=O) groups is 1. The highest BCUT2D eigenvalue weighted by atomic mass is 35.5. The zero-order valence-corrected chi connectivity index (χ0v) is 18.9. The Labute approximate surface area is 194 Å². The molecule has 2 aliphatic rings. The minimum absolute atomic E-state index is 0.0307. The van der Waals surface area contributed by atoms with Gasteiger partial charge in [-0.3, -0.25) is 14.7 Å². The normalized spacial score (nSPS) is 27.8. The van der Waals surface area contributed by atoms with Gasteiger partial charge in [0.05, 0.1) is 17.6 Å². The molecule has 1 saturated carbocycles. The van der Waals surface area contributed by atoms with Crippen LogP contribution in [0.5, 0.6) is 0 Å². The Hall–Kier alpha value is -2.65. The average Bonchev–Trinajstić information content (AvgIpc) is 2.67. The number of amides is 1. The largest absolute Gasteiger partial charge is 0.433 e. The van der Waals surface area contributed by atoms with Crippen LogP contribution < -0.4 is 5.73 Å². The molecule has 33 heavy (non-hydrogen) atoms. The number of hydrogen-bond acceptors (Lipinski definition) is 5. The van der Waals surface area contributed by atoms with Gasteiger partial charge >= 0.3 is 6.18 Å². The fraction of sp³-hybridized carbons (Fsp3) is 0.435. The lowest BCUT2D eigenvalue weighted by atomic mass is 9.75. The van der Waals surface area contributed by atoms with E-state index in [1.165, 1.54) is 11.0 Å². The quantitative estimate of drug-likeness (QED) is 0.691. The monoisotopic (exact) mass is 480 g/mol.